The van der Waals surface area contributed by atoms with E-state index < -0.39 is 29.4 Å². The quantitative estimate of drug-likeness (QED) is 0.107. The molecule has 9 rings (SSSR count). The lowest BCUT2D eigenvalue weighted by atomic mass is 9.99. The summed E-state index contributed by atoms with van der Waals surface area (Å²) in [6.45, 7) is 0.725. The van der Waals surface area contributed by atoms with Crippen LogP contribution in [0.25, 0.3) is 44.3 Å². The number of hydrogen-bond donors (Lipinski definition) is 0. The van der Waals surface area contributed by atoms with Gasteiger partial charge in [-0.05, 0) is 65.1 Å². The van der Waals surface area contributed by atoms with Gasteiger partial charge in [-0.2, -0.15) is 36.5 Å². The molecular formula is C51H37BrF6N4O2. The van der Waals surface area contributed by atoms with Crippen molar-refractivity contribution in [1.82, 2.24) is 19.6 Å². The Bertz CT molecular complexity index is 3050. The van der Waals surface area contributed by atoms with E-state index in [0.29, 0.717) is 47.2 Å². The van der Waals surface area contributed by atoms with Crippen molar-refractivity contribution in [1.29, 1.82) is 0 Å². The highest BCUT2D eigenvalue weighted by atomic mass is 79.9. The molecule has 322 valence electrons. The Balaban J connectivity index is 0.000000184. The number of esters is 1. The minimum Gasteiger partial charge on any atom is -0.465 e. The van der Waals surface area contributed by atoms with Gasteiger partial charge >= 0.3 is 18.3 Å². The lowest BCUT2D eigenvalue weighted by molar-refractivity contribution is -0.137. The number of halogens is 7. The standard InChI is InChI=1S/C30H23F3N2O2.C21H14BrF3N2/c1-37-29(36)24-10-5-9-22(18-24)17-20-13-15-23(16-14-20)28-25-11-6-12-26(30(31,32)33)27(25)34-35(28)19-21-7-3-2-4-8-21;22-16-11-9-15(10-12-16)20-17-7-4-8-18(21(23,24)25)19(17)26-27(20)13-14-5-2-1-3-6-14/h2-16,18H,17,19H2,1H3;1-12H,13H2. The lowest BCUT2D eigenvalue weighted by Crippen LogP contribution is -2.06. The highest BCUT2D eigenvalue weighted by molar-refractivity contribution is 9.10. The Morgan fingerprint density at radius 2 is 0.969 bits per heavy atom. The van der Waals surface area contributed by atoms with Crippen LogP contribution in [0.4, 0.5) is 26.3 Å². The zero-order chi connectivity index (χ0) is 45.0. The average Bonchev–Trinajstić information content (AvgIpc) is 3.84. The van der Waals surface area contributed by atoms with E-state index in [9.17, 15) is 31.1 Å². The molecule has 0 aliphatic heterocycles. The van der Waals surface area contributed by atoms with Crippen LogP contribution in [-0.2, 0) is 36.6 Å². The van der Waals surface area contributed by atoms with Crippen molar-refractivity contribution in [2.45, 2.75) is 31.9 Å². The molecular weight excluding hydrogens is 894 g/mol. The van der Waals surface area contributed by atoms with Crippen molar-refractivity contribution in [3.8, 4) is 22.5 Å². The third-order valence-electron chi connectivity index (χ3n) is 10.6. The summed E-state index contributed by atoms with van der Waals surface area (Å²) in [4.78, 5) is 11.8. The van der Waals surface area contributed by atoms with E-state index in [1.165, 1.54) is 19.2 Å². The largest absolute Gasteiger partial charge is 0.465 e. The summed E-state index contributed by atoms with van der Waals surface area (Å²) in [6, 6.07) is 49.9. The number of rotatable bonds is 9. The van der Waals surface area contributed by atoms with Gasteiger partial charge in [-0.15, -0.1) is 0 Å². The van der Waals surface area contributed by atoms with Gasteiger partial charge in [-0.3, -0.25) is 9.36 Å². The molecule has 9 aromatic rings. The number of carbonyl (C=O) groups is 1. The molecule has 0 amide bonds. The third kappa shape index (κ3) is 9.64. The summed E-state index contributed by atoms with van der Waals surface area (Å²) in [6.07, 6.45) is -8.37. The first-order chi connectivity index (χ1) is 30.8. The highest BCUT2D eigenvalue weighted by Gasteiger charge is 2.36. The number of benzene rings is 7. The normalized spacial score (nSPS) is 11.7. The lowest BCUT2D eigenvalue weighted by Gasteiger charge is -2.10. The van der Waals surface area contributed by atoms with Crippen molar-refractivity contribution >= 4 is 43.7 Å². The minimum absolute atomic E-state index is 0.0288. The summed E-state index contributed by atoms with van der Waals surface area (Å²) in [5.41, 5.74) is 5.66. The fourth-order valence-electron chi connectivity index (χ4n) is 7.66. The summed E-state index contributed by atoms with van der Waals surface area (Å²) in [7, 11) is 1.34. The van der Waals surface area contributed by atoms with Crippen molar-refractivity contribution in [3.05, 3.63) is 213 Å². The van der Waals surface area contributed by atoms with Crippen molar-refractivity contribution in [2.24, 2.45) is 0 Å². The second-order valence-corrected chi connectivity index (χ2v) is 15.9. The molecule has 6 nitrogen and oxygen atoms in total. The number of nitrogens with zero attached hydrogens (tertiary/aromatic N) is 4. The van der Waals surface area contributed by atoms with Crippen LogP contribution in [0.3, 0.4) is 0 Å². The zero-order valence-corrected chi connectivity index (χ0v) is 35.6. The molecule has 2 heterocycles. The maximum absolute atomic E-state index is 13.8. The summed E-state index contributed by atoms with van der Waals surface area (Å²) in [5.74, 6) is -0.394. The summed E-state index contributed by atoms with van der Waals surface area (Å²) < 4.78 is 90.8. The second kappa shape index (κ2) is 18.4. The molecule has 0 N–H and O–H groups in total. The number of carbonyl (C=O) groups excluding carboxylic acids is 1. The topological polar surface area (TPSA) is 61.9 Å². The number of aromatic nitrogens is 4. The maximum Gasteiger partial charge on any atom is 0.418 e. The first-order valence-electron chi connectivity index (χ1n) is 20.0. The second-order valence-electron chi connectivity index (χ2n) is 15.0. The summed E-state index contributed by atoms with van der Waals surface area (Å²) >= 11 is 3.40. The molecule has 0 unspecified atom stereocenters. The number of hydrogen-bond acceptors (Lipinski definition) is 4. The molecule has 0 radical (unpaired) electrons. The van der Waals surface area contributed by atoms with Crippen molar-refractivity contribution < 1.29 is 35.9 Å². The Kier molecular flexibility index (Phi) is 12.5. The maximum atomic E-state index is 13.8. The Hall–Kier alpha value is -6.99. The van der Waals surface area contributed by atoms with Crippen molar-refractivity contribution in [3.63, 3.8) is 0 Å². The first-order valence-corrected chi connectivity index (χ1v) is 20.8. The number of methoxy groups -OCH3 is 1. The molecule has 0 aliphatic rings. The molecule has 64 heavy (non-hydrogen) atoms. The molecule has 13 heteroatoms. The molecule has 0 saturated heterocycles. The monoisotopic (exact) mass is 930 g/mol. The fraction of sp³-hybridized carbons (Fsp3) is 0.118. The number of fused-ring (bicyclic) bond motifs is 2. The van der Waals surface area contributed by atoms with Crippen molar-refractivity contribution in [2.75, 3.05) is 7.11 Å². The molecule has 2 aromatic heterocycles. The number of alkyl halides is 6. The highest BCUT2D eigenvalue weighted by Crippen LogP contribution is 2.40. The molecule has 7 aromatic carbocycles. The average molecular weight is 932 g/mol. The van der Waals surface area contributed by atoms with Crippen LogP contribution in [-0.4, -0.2) is 32.6 Å². The van der Waals surface area contributed by atoms with Gasteiger partial charge in [0.1, 0.15) is 11.0 Å². The predicted molar refractivity (Wildman–Crippen MR) is 240 cm³/mol. The van der Waals surface area contributed by atoms with Gasteiger partial charge in [0.25, 0.3) is 0 Å². The Morgan fingerprint density at radius 3 is 1.42 bits per heavy atom. The van der Waals surface area contributed by atoms with Gasteiger partial charge in [0, 0.05) is 26.4 Å². The van der Waals surface area contributed by atoms with Gasteiger partial charge in [0.15, 0.2) is 0 Å². The van der Waals surface area contributed by atoms with E-state index in [1.54, 1.807) is 33.6 Å². The fourth-order valence-corrected chi connectivity index (χ4v) is 7.93. The van der Waals surface area contributed by atoms with E-state index in [4.69, 9.17) is 4.74 Å². The predicted octanol–water partition coefficient (Wildman–Crippen LogP) is 13.7. The van der Waals surface area contributed by atoms with Crippen LogP contribution in [0.5, 0.6) is 0 Å². The first kappa shape index (κ1) is 43.7. The summed E-state index contributed by atoms with van der Waals surface area (Å²) in [5, 5.41) is 9.72. The zero-order valence-electron chi connectivity index (χ0n) is 34.0. The molecule has 0 fully saturated rings. The van der Waals surface area contributed by atoms with Gasteiger partial charge in [0.05, 0.1) is 48.3 Å². The smallest absolute Gasteiger partial charge is 0.418 e. The van der Waals surface area contributed by atoms with Crippen LogP contribution < -0.4 is 0 Å². The van der Waals surface area contributed by atoms with Crippen LogP contribution in [0, 0.1) is 0 Å². The van der Waals surface area contributed by atoms with Crippen LogP contribution in [0.1, 0.15) is 43.7 Å². The van der Waals surface area contributed by atoms with E-state index in [0.717, 1.165) is 50.0 Å². The number of ether oxygens (including phenoxy) is 1. The molecule has 0 saturated carbocycles. The van der Waals surface area contributed by atoms with Crippen LogP contribution >= 0.6 is 15.9 Å². The van der Waals surface area contributed by atoms with E-state index in [-0.39, 0.29) is 11.0 Å². The van der Waals surface area contributed by atoms with E-state index in [2.05, 4.69) is 26.1 Å². The SMILES string of the molecule is COC(=O)c1cccc(Cc2ccc(-c3c4cccc(C(F)(F)F)c4nn3Cc3ccccc3)cc2)c1.FC(F)(F)c1cccc2c(-c3ccc(Br)cc3)n(Cc3ccccc3)nc12. The van der Waals surface area contributed by atoms with Gasteiger partial charge in [-0.1, -0.05) is 149 Å². The third-order valence-corrected chi connectivity index (χ3v) is 11.1. The van der Waals surface area contributed by atoms with Crippen LogP contribution in [0.2, 0.25) is 0 Å². The minimum atomic E-state index is -4.51. The van der Waals surface area contributed by atoms with E-state index in [1.807, 2.05) is 121 Å². The molecule has 0 spiro atoms. The molecule has 0 aliphatic carbocycles. The molecule has 0 bridgehead atoms. The van der Waals surface area contributed by atoms with Gasteiger partial charge < -0.3 is 4.74 Å². The van der Waals surface area contributed by atoms with E-state index >= 15 is 0 Å². The molecule has 0 atom stereocenters. The van der Waals surface area contributed by atoms with Gasteiger partial charge in [0.2, 0.25) is 0 Å². The Morgan fingerprint density at radius 1 is 0.531 bits per heavy atom. The Labute approximate surface area is 372 Å². The van der Waals surface area contributed by atoms with Crippen LogP contribution in [0.15, 0.2) is 174 Å². The van der Waals surface area contributed by atoms with Gasteiger partial charge in [-0.25, -0.2) is 4.79 Å².